The molecule has 1 aliphatic rings. The van der Waals surface area contributed by atoms with E-state index in [1.165, 1.54) is 12.1 Å². The van der Waals surface area contributed by atoms with Crippen molar-refractivity contribution in [3.63, 3.8) is 0 Å². The number of halogens is 1. The van der Waals surface area contributed by atoms with Crippen LogP contribution in [-0.2, 0) is 20.7 Å². The van der Waals surface area contributed by atoms with Crippen LogP contribution < -0.4 is 0 Å². The molecule has 1 saturated heterocycles. The van der Waals surface area contributed by atoms with Crippen LogP contribution in [-0.4, -0.2) is 46.7 Å². The molecule has 0 aliphatic carbocycles. The molecule has 1 amide bonds. The second-order valence-electron chi connectivity index (χ2n) is 6.82. The number of likely N-dealkylation sites (tertiary alicyclic amines) is 1. The van der Waals surface area contributed by atoms with Crippen LogP contribution in [0.2, 0.25) is 0 Å². The zero-order valence-corrected chi connectivity index (χ0v) is 15.9. The van der Waals surface area contributed by atoms with Gasteiger partial charge in [0.1, 0.15) is 5.82 Å². The fraction of sp³-hybridized carbons (Fsp3) is 0.500. The molecule has 0 saturated carbocycles. The van der Waals surface area contributed by atoms with Crippen molar-refractivity contribution in [3.8, 4) is 0 Å². The van der Waals surface area contributed by atoms with E-state index in [0.717, 1.165) is 18.4 Å². The molecule has 1 fully saturated rings. The molecule has 0 radical (unpaired) electrons. The number of piperidine rings is 1. The Balaban J connectivity index is 1.55. The number of hydrogen-bond acceptors (Lipinski definition) is 6. The Morgan fingerprint density at radius 2 is 2.04 bits per heavy atom. The predicted molar refractivity (Wildman–Crippen MR) is 97.9 cm³/mol. The quantitative estimate of drug-likeness (QED) is 0.677. The van der Waals surface area contributed by atoms with E-state index in [0.29, 0.717) is 37.9 Å². The van der Waals surface area contributed by atoms with Gasteiger partial charge in [0.2, 0.25) is 17.7 Å². The van der Waals surface area contributed by atoms with Gasteiger partial charge in [-0.05, 0) is 37.5 Å². The first-order valence-electron chi connectivity index (χ1n) is 9.55. The van der Waals surface area contributed by atoms with Gasteiger partial charge >= 0.3 is 5.97 Å². The van der Waals surface area contributed by atoms with Crippen molar-refractivity contribution in [2.75, 3.05) is 19.7 Å². The van der Waals surface area contributed by atoms with Crippen molar-refractivity contribution in [2.45, 2.75) is 44.9 Å². The summed E-state index contributed by atoms with van der Waals surface area (Å²) in [5, 5.41) is 8.23. The second kappa shape index (κ2) is 9.43. The Hall–Kier alpha value is -2.77. The molecule has 2 aromatic rings. The minimum absolute atomic E-state index is 0.0187. The van der Waals surface area contributed by atoms with Crippen molar-refractivity contribution in [1.82, 2.24) is 15.1 Å². The summed E-state index contributed by atoms with van der Waals surface area (Å²) in [6.45, 7) is 3.22. The fourth-order valence-corrected chi connectivity index (χ4v) is 3.29. The summed E-state index contributed by atoms with van der Waals surface area (Å²) in [4.78, 5) is 25.6. The van der Waals surface area contributed by atoms with Gasteiger partial charge in [-0.25, -0.2) is 4.39 Å². The minimum Gasteiger partial charge on any atom is -0.466 e. The molecule has 7 nitrogen and oxygen atoms in total. The monoisotopic (exact) mass is 389 g/mol. The number of carbonyl (C=O) groups is 2. The standard InChI is InChI=1S/C20H24FN3O4/c1-2-27-19(26)10-9-18(25)24-11-3-4-15(13-24)20-23-22-17(28-20)12-14-5-7-16(21)8-6-14/h5-8,15H,2-4,9-13H2,1H3/t15-/m0/s1. The zero-order valence-electron chi connectivity index (χ0n) is 15.9. The van der Waals surface area contributed by atoms with Crippen LogP contribution in [0.25, 0.3) is 0 Å². The lowest BCUT2D eigenvalue weighted by Crippen LogP contribution is -2.39. The fourth-order valence-electron chi connectivity index (χ4n) is 3.29. The van der Waals surface area contributed by atoms with E-state index < -0.39 is 0 Å². The highest BCUT2D eigenvalue weighted by Crippen LogP contribution is 2.27. The van der Waals surface area contributed by atoms with Crippen LogP contribution in [0.4, 0.5) is 4.39 Å². The van der Waals surface area contributed by atoms with Gasteiger partial charge in [-0.15, -0.1) is 10.2 Å². The van der Waals surface area contributed by atoms with E-state index in [4.69, 9.17) is 9.15 Å². The number of aromatic nitrogens is 2. The summed E-state index contributed by atoms with van der Waals surface area (Å²) < 4.78 is 23.7. The van der Waals surface area contributed by atoms with E-state index >= 15 is 0 Å². The zero-order chi connectivity index (χ0) is 19.9. The van der Waals surface area contributed by atoms with Gasteiger partial charge in [0.15, 0.2) is 0 Å². The van der Waals surface area contributed by atoms with E-state index in [9.17, 15) is 14.0 Å². The molecule has 28 heavy (non-hydrogen) atoms. The summed E-state index contributed by atoms with van der Waals surface area (Å²) in [5.41, 5.74) is 0.885. The van der Waals surface area contributed by atoms with Gasteiger partial charge in [-0.1, -0.05) is 12.1 Å². The first kappa shape index (κ1) is 20.0. The lowest BCUT2D eigenvalue weighted by Gasteiger charge is -2.31. The molecule has 0 unspecified atom stereocenters. The largest absolute Gasteiger partial charge is 0.466 e. The number of esters is 1. The maximum atomic E-state index is 13.0. The van der Waals surface area contributed by atoms with E-state index in [1.54, 1.807) is 24.0 Å². The van der Waals surface area contributed by atoms with Crippen molar-refractivity contribution in [1.29, 1.82) is 0 Å². The number of rotatable bonds is 7. The first-order valence-corrected chi connectivity index (χ1v) is 9.55. The number of ether oxygens (including phenoxy) is 1. The smallest absolute Gasteiger partial charge is 0.306 e. The maximum Gasteiger partial charge on any atom is 0.306 e. The average molecular weight is 389 g/mol. The molecule has 2 heterocycles. The molecular weight excluding hydrogens is 365 g/mol. The summed E-state index contributed by atoms with van der Waals surface area (Å²) in [6.07, 6.45) is 2.37. The summed E-state index contributed by atoms with van der Waals surface area (Å²) >= 11 is 0. The number of benzene rings is 1. The molecule has 0 N–H and O–H groups in total. The van der Waals surface area contributed by atoms with E-state index in [1.807, 2.05) is 0 Å². The van der Waals surface area contributed by atoms with Crippen molar-refractivity contribution in [3.05, 3.63) is 47.4 Å². The third kappa shape index (κ3) is 5.37. The molecule has 150 valence electrons. The Kier molecular flexibility index (Phi) is 6.73. The molecule has 1 aromatic carbocycles. The van der Waals surface area contributed by atoms with E-state index in [-0.39, 0.29) is 36.5 Å². The Morgan fingerprint density at radius 1 is 1.25 bits per heavy atom. The lowest BCUT2D eigenvalue weighted by atomic mass is 9.97. The first-order chi connectivity index (χ1) is 13.5. The second-order valence-corrected chi connectivity index (χ2v) is 6.82. The average Bonchev–Trinajstić information content (AvgIpc) is 3.17. The highest BCUT2D eigenvalue weighted by Gasteiger charge is 2.28. The Labute approximate surface area is 162 Å². The van der Waals surface area contributed by atoms with Gasteiger partial charge in [0.25, 0.3) is 0 Å². The number of hydrogen-bond donors (Lipinski definition) is 0. The molecule has 1 atom stereocenters. The molecule has 0 spiro atoms. The minimum atomic E-state index is -0.355. The van der Waals surface area contributed by atoms with Crippen LogP contribution in [0.3, 0.4) is 0 Å². The number of amides is 1. The third-order valence-corrected chi connectivity index (χ3v) is 4.72. The van der Waals surface area contributed by atoms with Gasteiger partial charge in [-0.2, -0.15) is 0 Å². The van der Waals surface area contributed by atoms with Gasteiger partial charge < -0.3 is 14.1 Å². The summed E-state index contributed by atoms with van der Waals surface area (Å²) in [7, 11) is 0. The van der Waals surface area contributed by atoms with Crippen molar-refractivity contribution >= 4 is 11.9 Å². The summed E-state index contributed by atoms with van der Waals surface area (Å²) in [5.74, 6) is 0.252. The molecule has 0 bridgehead atoms. The molecule has 8 heteroatoms. The van der Waals surface area contributed by atoms with E-state index in [2.05, 4.69) is 10.2 Å². The number of nitrogens with zero attached hydrogens (tertiary/aromatic N) is 3. The maximum absolute atomic E-state index is 13.0. The highest BCUT2D eigenvalue weighted by molar-refractivity contribution is 5.81. The molecular formula is C20H24FN3O4. The van der Waals surface area contributed by atoms with Gasteiger partial charge in [0, 0.05) is 19.5 Å². The molecule has 1 aromatic heterocycles. The Bertz CT molecular complexity index is 806. The van der Waals surface area contributed by atoms with Crippen LogP contribution in [0.1, 0.15) is 55.9 Å². The van der Waals surface area contributed by atoms with Crippen molar-refractivity contribution in [2.24, 2.45) is 0 Å². The Morgan fingerprint density at radius 3 is 2.79 bits per heavy atom. The predicted octanol–water partition coefficient (Wildman–Crippen LogP) is 2.85. The SMILES string of the molecule is CCOC(=O)CCC(=O)N1CCC[C@H](c2nnc(Cc3ccc(F)cc3)o2)C1. The summed E-state index contributed by atoms with van der Waals surface area (Å²) in [6, 6.07) is 6.16. The van der Waals surface area contributed by atoms with Crippen LogP contribution in [0, 0.1) is 5.82 Å². The number of carbonyl (C=O) groups excluding carboxylic acids is 2. The van der Waals surface area contributed by atoms with Crippen molar-refractivity contribution < 1.29 is 23.1 Å². The van der Waals surface area contributed by atoms with Crippen LogP contribution >= 0.6 is 0 Å². The third-order valence-electron chi connectivity index (χ3n) is 4.72. The molecule has 3 rings (SSSR count). The van der Waals surface area contributed by atoms with Gasteiger partial charge in [0.05, 0.1) is 25.4 Å². The topological polar surface area (TPSA) is 85.5 Å². The molecule has 1 aliphatic heterocycles. The van der Waals surface area contributed by atoms with Crippen LogP contribution in [0.15, 0.2) is 28.7 Å². The highest BCUT2D eigenvalue weighted by atomic mass is 19.1. The lowest BCUT2D eigenvalue weighted by molar-refractivity contribution is -0.146. The van der Waals surface area contributed by atoms with Crippen LogP contribution in [0.5, 0.6) is 0 Å². The normalized spacial score (nSPS) is 16.8. The van der Waals surface area contributed by atoms with Gasteiger partial charge in [-0.3, -0.25) is 9.59 Å².